The van der Waals surface area contributed by atoms with Crippen LogP contribution in [0.15, 0.2) is 47.4 Å². The van der Waals surface area contributed by atoms with Gasteiger partial charge in [0, 0.05) is 18.7 Å². The maximum absolute atomic E-state index is 12.8. The zero-order valence-corrected chi connectivity index (χ0v) is 17.2. The maximum Gasteiger partial charge on any atom is 0.261 e. The van der Waals surface area contributed by atoms with Crippen molar-refractivity contribution < 1.29 is 22.8 Å². The van der Waals surface area contributed by atoms with E-state index in [0.29, 0.717) is 19.0 Å². The summed E-state index contributed by atoms with van der Waals surface area (Å²) < 4.78 is 27.1. The molecular formula is C21H21N3O5S. The molecule has 9 heteroatoms. The second kappa shape index (κ2) is 7.66. The number of carbonyl (C=O) groups is 3. The van der Waals surface area contributed by atoms with Crippen LogP contribution in [0.2, 0.25) is 0 Å². The summed E-state index contributed by atoms with van der Waals surface area (Å²) in [5.41, 5.74) is 0.785. The highest BCUT2D eigenvalue weighted by Crippen LogP contribution is 2.26. The van der Waals surface area contributed by atoms with E-state index in [1.165, 1.54) is 40.7 Å². The minimum absolute atomic E-state index is 0.120. The van der Waals surface area contributed by atoms with Gasteiger partial charge in [0.2, 0.25) is 10.0 Å². The highest BCUT2D eigenvalue weighted by molar-refractivity contribution is 7.89. The molecule has 8 nitrogen and oxygen atoms in total. The zero-order valence-electron chi connectivity index (χ0n) is 16.3. The first-order chi connectivity index (χ1) is 14.3. The number of amides is 3. The summed E-state index contributed by atoms with van der Waals surface area (Å²) in [4.78, 5) is 36.5. The number of hydrogen-bond donors (Lipinski definition) is 2. The second-order valence-corrected chi connectivity index (χ2v) is 9.51. The van der Waals surface area contributed by atoms with Crippen molar-refractivity contribution >= 4 is 33.4 Å². The molecule has 2 aliphatic heterocycles. The van der Waals surface area contributed by atoms with Crippen molar-refractivity contribution in [1.82, 2.24) is 9.62 Å². The summed E-state index contributed by atoms with van der Waals surface area (Å²) in [6.45, 7) is 3.09. The van der Waals surface area contributed by atoms with Crippen LogP contribution in [0.4, 0.5) is 5.69 Å². The first kappa shape index (κ1) is 20.2. The van der Waals surface area contributed by atoms with E-state index in [4.69, 9.17) is 0 Å². The average molecular weight is 427 g/mol. The Balaban J connectivity index is 1.52. The van der Waals surface area contributed by atoms with Crippen LogP contribution in [0.5, 0.6) is 0 Å². The third-order valence-corrected chi connectivity index (χ3v) is 7.42. The molecule has 4 rings (SSSR count). The van der Waals surface area contributed by atoms with Gasteiger partial charge in [0.1, 0.15) is 0 Å². The van der Waals surface area contributed by atoms with E-state index in [9.17, 15) is 22.8 Å². The Hall–Kier alpha value is -3.04. The lowest BCUT2D eigenvalue weighted by atomic mass is 10.0. The molecule has 2 aromatic rings. The Morgan fingerprint density at radius 1 is 1.03 bits per heavy atom. The summed E-state index contributed by atoms with van der Waals surface area (Å²) in [5, 5.41) is 4.82. The normalized spacial score (nSPS) is 17.5. The number of anilines is 1. The van der Waals surface area contributed by atoms with Gasteiger partial charge in [-0.05, 0) is 55.2 Å². The Kier molecular flexibility index (Phi) is 5.17. The Morgan fingerprint density at radius 2 is 1.70 bits per heavy atom. The van der Waals surface area contributed by atoms with Gasteiger partial charge in [0.05, 0.1) is 21.7 Å². The number of carbonyl (C=O) groups excluding carboxylic acids is 3. The van der Waals surface area contributed by atoms with Gasteiger partial charge >= 0.3 is 0 Å². The molecule has 0 spiro atoms. The van der Waals surface area contributed by atoms with Gasteiger partial charge in [-0.25, -0.2) is 8.42 Å². The lowest BCUT2D eigenvalue weighted by molar-refractivity contribution is 0.0879. The monoisotopic (exact) mass is 427 g/mol. The predicted octanol–water partition coefficient (Wildman–Crippen LogP) is 2.24. The van der Waals surface area contributed by atoms with Crippen molar-refractivity contribution in [2.75, 3.05) is 18.4 Å². The van der Waals surface area contributed by atoms with Crippen molar-refractivity contribution in [2.45, 2.75) is 24.7 Å². The van der Waals surface area contributed by atoms with Crippen LogP contribution in [0.1, 0.15) is 50.8 Å². The first-order valence-electron chi connectivity index (χ1n) is 9.67. The molecule has 0 atom stereocenters. The number of hydrogen-bond acceptors (Lipinski definition) is 5. The van der Waals surface area contributed by atoms with Crippen LogP contribution in [-0.2, 0) is 10.0 Å². The number of fused-ring (bicyclic) bond motifs is 1. The fourth-order valence-electron chi connectivity index (χ4n) is 3.67. The van der Waals surface area contributed by atoms with E-state index in [1.54, 1.807) is 6.07 Å². The molecule has 30 heavy (non-hydrogen) atoms. The van der Waals surface area contributed by atoms with Crippen LogP contribution in [0.3, 0.4) is 0 Å². The van der Waals surface area contributed by atoms with Crippen LogP contribution >= 0.6 is 0 Å². The molecule has 2 N–H and O–H groups in total. The van der Waals surface area contributed by atoms with Crippen LogP contribution < -0.4 is 10.6 Å². The standard InChI is InChI=1S/C21H21N3O5S/c1-13-9-11-24(12-10-13)30(28,29)15-7-5-14(6-8-15)19(25)22-17-4-2-3-16-18(17)21(27)23-20(16)26/h2-8,13H,9-12H2,1H3,(H,22,25)(H,23,26,27). The van der Waals surface area contributed by atoms with E-state index in [1.807, 2.05) is 0 Å². The second-order valence-electron chi connectivity index (χ2n) is 7.58. The minimum Gasteiger partial charge on any atom is -0.321 e. The summed E-state index contributed by atoms with van der Waals surface area (Å²) in [5.74, 6) is -1.07. The van der Waals surface area contributed by atoms with E-state index < -0.39 is 27.7 Å². The zero-order chi connectivity index (χ0) is 21.5. The quantitative estimate of drug-likeness (QED) is 0.727. The van der Waals surface area contributed by atoms with Gasteiger partial charge < -0.3 is 5.32 Å². The molecule has 0 unspecified atom stereocenters. The molecule has 2 aliphatic rings. The molecule has 1 fully saturated rings. The van der Waals surface area contributed by atoms with Crippen molar-refractivity contribution in [1.29, 1.82) is 0 Å². The largest absolute Gasteiger partial charge is 0.321 e. The van der Waals surface area contributed by atoms with Gasteiger partial charge in [-0.3, -0.25) is 19.7 Å². The SMILES string of the molecule is CC1CCN(S(=O)(=O)c2ccc(C(=O)Nc3cccc4c3C(=O)NC4=O)cc2)CC1. The summed E-state index contributed by atoms with van der Waals surface area (Å²) in [7, 11) is -3.60. The van der Waals surface area contributed by atoms with Crippen molar-refractivity contribution in [3.05, 3.63) is 59.2 Å². The van der Waals surface area contributed by atoms with Crippen molar-refractivity contribution in [2.24, 2.45) is 5.92 Å². The third kappa shape index (κ3) is 3.61. The topological polar surface area (TPSA) is 113 Å². The van der Waals surface area contributed by atoms with Crippen LogP contribution in [0.25, 0.3) is 0 Å². The number of piperidine rings is 1. The smallest absolute Gasteiger partial charge is 0.261 e. The van der Waals surface area contributed by atoms with E-state index in [-0.39, 0.29) is 27.3 Å². The van der Waals surface area contributed by atoms with Crippen molar-refractivity contribution in [3.63, 3.8) is 0 Å². The summed E-state index contributed by atoms with van der Waals surface area (Å²) in [6, 6.07) is 10.3. The Bertz CT molecular complexity index is 1130. The number of sulfonamides is 1. The summed E-state index contributed by atoms with van der Waals surface area (Å²) in [6.07, 6.45) is 1.66. The Morgan fingerprint density at radius 3 is 2.37 bits per heavy atom. The fourth-order valence-corrected chi connectivity index (χ4v) is 5.14. The predicted molar refractivity (Wildman–Crippen MR) is 110 cm³/mol. The molecule has 0 aromatic heterocycles. The lowest BCUT2D eigenvalue weighted by Gasteiger charge is -2.29. The number of benzene rings is 2. The molecular weight excluding hydrogens is 406 g/mol. The highest BCUT2D eigenvalue weighted by atomic mass is 32.2. The maximum atomic E-state index is 12.8. The lowest BCUT2D eigenvalue weighted by Crippen LogP contribution is -2.37. The molecule has 0 saturated carbocycles. The van der Waals surface area contributed by atoms with Gasteiger partial charge in [-0.15, -0.1) is 0 Å². The third-order valence-electron chi connectivity index (χ3n) is 5.51. The highest BCUT2D eigenvalue weighted by Gasteiger charge is 2.30. The molecule has 0 radical (unpaired) electrons. The number of rotatable bonds is 4. The number of nitrogens with zero attached hydrogens (tertiary/aromatic N) is 1. The molecule has 0 aliphatic carbocycles. The average Bonchev–Trinajstić information content (AvgIpc) is 3.03. The minimum atomic E-state index is -3.60. The van der Waals surface area contributed by atoms with Gasteiger partial charge in [0.25, 0.3) is 17.7 Å². The molecule has 3 amide bonds. The summed E-state index contributed by atoms with van der Waals surface area (Å²) >= 11 is 0. The molecule has 156 valence electrons. The molecule has 1 saturated heterocycles. The Labute approximate surface area is 174 Å². The fraction of sp³-hybridized carbons (Fsp3) is 0.286. The van der Waals surface area contributed by atoms with Gasteiger partial charge in [0.15, 0.2) is 0 Å². The van der Waals surface area contributed by atoms with Crippen molar-refractivity contribution in [3.8, 4) is 0 Å². The van der Waals surface area contributed by atoms with E-state index in [0.717, 1.165) is 12.8 Å². The molecule has 0 bridgehead atoms. The molecule has 2 aromatic carbocycles. The van der Waals surface area contributed by atoms with Gasteiger partial charge in [-0.1, -0.05) is 13.0 Å². The van der Waals surface area contributed by atoms with Crippen LogP contribution in [-0.4, -0.2) is 43.5 Å². The first-order valence-corrected chi connectivity index (χ1v) is 11.1. The van der Waals surface area contributed by atoms with Crippen LogP contribution in [0, 0.1) is 5.92 Å². The van der Waals surface area contributed by atoms with Gasteiger partial charge in [-0.2, -0.15) is 4.31 Å². The van der Waals surface area contributed by atoms with E-state index >= 15 is 0 Å². The van der Waals surface area contributed by atoms with E-state index in [2.05, 4.69) is 17.6 Å². The molecule has 2 heterocycles. The number of nitrogens with one attached hydrogen (secondary N) is 2. The number of imide groups is 1.